The zero-order valence-corrected chi connectivity index (χ0v) is 20.5. The van der Waals surface area contributed by atoms with Crippen LogP contribution in [0.3, 0.4) is 0 Å². The molecule has 2 aromatic carbocycles. The van der Waals surface area contributed by atoms with E-state index in [1.807, 2.05) is 0 Å². The number of likely N-dealkylation sites (tertiary alicyclic amines) is 1. The molecule has 2 saturated heterocycles. The van der Waals surface area contributed by atoms with Crippen LogP contribution < -0.4 is 5.32 Å². The first-order chi connectivity index (χ1) is 14.9. The fourth-order valence-corrected chi connectivity index (χ4v) is 5.52. The molecule has 2 heterocycles. The molecule has 2 aromatic rings. The Bertz CT molecular complexity index is 882. The van der Waals surface area contributed by atoms with Crippen molar-refractivity contribution in [2.45, 2.75) is 38.5 Å². The summed E-state index contributed by atoms with van der Waals surface area (Å²) in [4.78, 5) is 2.71. The lowest BCUT2D eigenvalue weighted by Crippen LogP contribution is -2.33. The molecule has 5 rings (SSSR count). The summed E-state index contributed by atoms with van der Waals surface area (Å²) >= 11 is 0. The molecule has 172 valence electrons. The highest BCUT2D eigenvalue weighted by molar-refractivity contribution is 5.94. The average molecular weight is 472 g/mol. The summed E-state index contributed by atoms with van der Waals surface area (Å²) in [5.74, 6) is 0.959. The van der Waals surface area contributed by atoms with Crippen LogP contribution in [0.4, 0.5) is 0 Å². The molecule has 2 nitrogen and oxygen atoms in total. The van der Waals surface area contributed by atoms with Gasteiger partial charge in [-0.05, 0) is 91.9 Å². The highest BCUT2D eigenvalue weighted by Crippen LogP contribution is 2.38. The molecule has 1 N–H and O–H groups in total. The summed E-state index contributed by atoms with van der Waals surface area (Å²) in [6, 6.07) is 17.8. The topological polar surface area (TPSA) is 15.3 Å². The third-order valence-electron chi connectivity index (χ3n) is 7.26. The highest BCUT2D eigenvalue weighted by atomic mass is 35.5. The van der Waals surface area contributed by atoms with Gasteiger partial charge >= 0.3 is 0 Å². The Morgan fingerprint density at radius 2 is 1.34 bits per heavy atom. The standard InChI is InChI=1S/C28H34N2.2ClH/c1-3-9-26-23(7-1)11-12-24-8-2-4-10-27(24)28(26)25-15-20-30(21-16-25)19-5-6-22-13-17-29-18-14-22;;/h1-4,7-12,22,29H,5-6,13-21H2;2*1H. The number of nitrogens with zero attached hydrogens (tertiary/aromatic N) is 1. The van der Waals surface area contributed by atoms with Gasteiger partial charge in [0.1, 0.15) is 0 Å². The molecule has 1 aliphatic carbocycles. The number of fused-ring (bicyclic) bond motifs is 2. The van der Waals surface area contributed by atoms with Gasteiger partial charge in [0.25, 0.3) is 0 Å². The molecule has 2 fully saturated rings. The quantitative estimate of drug-likeness (QED) is 0.456. The fraction of sp³-hybridized carbons (Fsp3) is 0.429. The molecule has 0 saturated carbocycles. The minimum absolute atomic E-state index is 0. The Kier molecular flexibility index (Phi) is 9.43. The monoisotopic (exact) mass is 470 g/mol. The van der Waals surface area contributed by atoms with Crippen molar-refractivity contribution in [1.29, 1.82) is 0 Å². The van der Waals surface area contributed by atoms with Gasteiger partial charge < -0.3 is 10.2 Å². The lowest BCUT2D eigenvalue weighted by atomic mass is 9.86. The van der Waals surface area contributed by atoms with Crippen molar-refractivity contribution in [1.82, 2.24) is 10.2 Å². The number of nitrogens with one attached hydrogen (secondary N) is 1. The number of hydrogen-bond acceptors (Lipinski definition) is 2. The molecule has 2 aliphatic heterocycles. The molecule has 0 bridgehead atoms. The smallest absolute Gasteiger partial charge is 0.00190 e. The first kappa shape index (κ1) is 25.1. The molecule has 0 spiro atoms. The maximum atomic E-state index is 3.49. The fourth-order valence-electron chi connectivity index (χ4n) is 5.52. The maximum Gasteiger partial charge on any atom is 0.00190 e. The Hall–Kier alpha value is -1.58. The summed E-state index contributed by atoms with van der Waals surface area (Å²) < 4.78 is 0. The first-order valence-corrected chi connectivity index (χ1v) is 11.9. The maximum absolute atomic E-state index is 3.49. The second-order valence-electron chi connectivity index (χ2n) is 9.16. The van der Waals surface area contributed by atoms with Crippen LogP contribution in [-0.4, -0.2) is 37.6 Å². The van der Waals surface area contributed by atoms with E-state index in [0.717, 1.165) is 5.92 Å². The lowest BCUT2D eigenvalue weighted by Gasteiger charge is -2.31. The van der Waals surface area contributed by atoms with E-state index >= 15 is 0 Å². The van der Waals surface area contributed by atoms with Crippen LogP contribution in [0.2, 0.25) is 0 Å². The molecule has 0 radical (unpaired) electrons. The van der Waals surface area contributed by atoms with Gasteiger partial charge in [-0.2, -0.15) is 0 Å². The van der Waals surface area contributed by atoms with E-state index in [0.29, 0.717) is 0 Å². The van der Waals surface area contributed by atoms with Crippen LogP contribution in [-0.2, 0) is 0 Å². The van der Waals surface area contributed by atoms with Crippen molar-refractivity contribution in [3.8, 4) is 0 Å². The van der Waals surface area contributed by atoms with Crippen molar-refractivity contribution in [2.75, 3.05) is 32.7 Å². The van der Waals surface area contributed by atoms with Crippen molar-refractivity contribution in [3.63, 3.8) is 0 Å². The predicted octanol–water partition coefficient (Wildman–Crippen LogP) is 6.69. The predicted molar refractivity (Wildman–Crippen MR) is 143 cm³/mol. The largest absolute Gasteiger partial charge is 0.317 e. The van der Waals surface area contributed by atoms with E-state index in [2.05, 4.69) is 70.9 Å². The van der Waals surface area contributed by atoms with Crippen LogP contribution in [0.1, 0.15) is 60.8 Å². The number of rotatable bonds is 4. The van der Waals surface area contributed by atoms with Gasteiger partial charge in [0.2, 0.25) is 0 Å². The van der Waals surface area contributed by atoms with Crippen molar-refractivity contribution >= 4 is 42.5 Å². The van der Waals surface area contributed by atoms with E-state index in [1.54, 1.807) is 5.57 Å². The minimum atomic E-state index is 0. The van der Waals surface area contributed by atoms with E-state index in [-0.39, 0.29) is 24.8 Å². The molecule has 0 atom stereocenters. The van der Waals surface area contributed by atoms with Crippen molar-refractivity contribution in [2.24, 2.45) is 5.92 Å². The normalized spacial score (nSPS) is 18.8. The zero-order valence-electron chi connectivity index (χ0n) is 18.9. The van der Waals surface area contributed by atoms with E-state index in [1.165, 1.54) is 99.1 Å². The Balaban J connectivity index is 0.00000144. The van der Waals surface area contributed by atoms with Crippen molar-refractivity contribution in [3.05, 3.63) is 76.4 Å². The molecule has 32 heavy (non-hydrogen) atoms. The molecule has 4 heteroatoms. The Morgan fingerprint density at radius 1 is 0.781 bits per heavy atom. The van der Waals surface area contributed by atoms with Crippen LogP contribution >= 0.6 is 24.8 Å². The van der Waals surface area contributed by atoms with Gasteiger partial charge in [0.15, 0.2) is 0 Å². The lowest BCUT2D eigenvalue weighted by molar-refractivity contribution is 0.238. The van der Waals surface area contributed by atoms with Crippen LogP contribution in [0.15, 0.2) is 54.1 Å². The number of benzene rings is 2. The summed E-state index contributed by atoms with van der Waals surface area (Å²) in [6.45, 7) is 6.15. The van der Waals surface area contributed by atoms with Crippen LogP contribution in [0.5, 0.6) is 0 Å². The van der Waals surface area contributed by atoms with Crippen LogP contribution in [0, 0.1) is 5.92 Å². The average Bonchev–Trinajstić information content (AvgIpc) is 2.97. The van der Waals surface area contributed by atoms with Gasteiger partial charge in [0.05, 0.1) is 0 Å². The molecular weight excluding hydrogens is 435 g/mol. The van der Waals surface area contributed by atoms with Gasteiger partial charge in [0, 0.05) is 13.1 Å². The molecule has 0 aromatic heterocycles. The number of piperidine rings is 2. The SMILES string of the molecule is C1=Cc2ccccc2C(=C2CCN(CCCC3CCNCC3)CC2)c2ccccc21.Cl.Cl. The van der Waals surface area contributed by atoms with Gasteiger partial charge in [-0.3, -0.25) is 0 Å². The summed E-state index contributed by atoms with van der Waals surface area (Å²) in [6.07, 6.45) is 12.5. The summed E-state index contributed by atoms with van der Waals surface area (Å²) in [5.41, 5.74) is 8.66. The second-order valence-corrected chi connectivity index (χ2v) is 9.16. The molecule has 3 aliphatic rings. The van der Waals surface area contributed by atoms with Gasteiger partial charge in [-0.1, -0.05) is 66.3 Å². The second kappa shape index (κ2) is 12.0. The van der Waals surface area contributed by atoms with Gasteiger partial charge in [-0.15, -0.1) is 24.8 Å². The molecular formula is C28H36Cl2N2. The van der Waals surface area contributed by atoms with E-state index < -0.39 is 0 Å². The third kappa shape index (κ3) is 5.66. The minimum Gasteiger partial charge on any atom is -0.317 e. The van der Waals surface area contributed by atoms with E-state index in [9.17, 15) is 0 Å². The molecule has 0 amide bonds. The Morgan fingerprint density at radius 3 is 1.94 bits per heavy atom. The van der Waals surface area contributed by atoms with Gasteiger partial charge in [-0.25, -0.2) is 0 Å². The first-order valence-electron chi connectivity index (χ1n) is 11.9. The highest BCUT2D eigenvalue weighted by Gasteiger charge is 2.22. The van der Waals surface area contributed by atoms with Crippen LogP contribution in [0.25, 0.3) is 17.7 Å². The van der Waals surface area contributed by atoms with E-state index in [4.69, 9.17) is 0 Å². The summed E-state index contributed by atoms with van der Waals surface area (Å²) in [7, 11) is 0. The number of halogens is 2. The van der Waals surface area contributed by atoms with Crippen molar-refractivity contribution < 1.29 is 0 Å². The summed E-state index contributed by atoms with van der Waals surface area (Å²) in [5, 5.41) is 3.49. The Labute approximate surface area is 206 Å². The molecule has 0 unspecified atom stereocenters. The zero-order chi connectivity index (χ0) is 20.2. The number of hydrogen-bond donors (Lipinski definition) is 1. The third-order valence-corrected chi connectivity index (χ3v) is 7.26.